The maximum atomic E-state index is 10.7. The summed E-state index contributed by atoms with van der Waals surface area (Å²) < 4.78 is 10.1. The van der Waals surface area contributed by atoms with Crippen LogP contribution in [-0.4, -0.2) is 4.21 Å². The quantitative estimate of drug-likeness (QED) is 0.540. The maximum Gasteiger partial charge on any atom is 0.148 e. The summed E-state index contributed by atoms with van der Waals surface area (Å²) >= 11 is 5.71. The number of benzene rings is 1. The van der Waals surface area contributed by atoms with Gasteiger partial charge in [0, 0.05) is 0 Å². The van der Waals surface area contributed by atoms with Crippen molar-refractivity contribution in [2.24, 2.45) is 0 Å². The van der Waals surface area contributed by atoms with Gasteiger partial charge in [0.15, 0.2) is 0 Å². The molecule has 0 bridgehead atoms. The van der Waals surface area contributed by atoms with Crippen molar-refractivity contribution in [3.8, 4) is 0 Å². The molecule has 0 amide bonds. The topological polar surface area (TPSA) is 17.1 Å². The van der Waals surface area contributed by atoms with Gasteiger partial charge in [-0.1, -0.05) is 30.3 Å². The van der Waals surface area contributed by atoms with E-state index in [1.54, 1.807) is 12.1 Å². The van der Waals surface area contributed by atoms with Crippen molar-refractivity contribution >= 4 is 32.3 Å². The second kappa shape index (κ2) is 4.10. The largest absolute Gasteiger partial charge is 0.241 e. The highest BCUT2D eigenvalue weighted by atomic mass is 35.7. The number of rotatable bonds is 2. The first-order valence-electron chi connectivity index (χ1n) is 2.97. The molecule has 0 heterocycles. The smallest absolute Gasteiger partial charge is 0.148 e. The number of alkyl halides is 1. The van der Waals surface area contributed by atoms with Crippen LogP contribution in [0, 0.1) is 0 Å². The summed E-state index contributed by atoms with van der Waals surface area (Å²) in [5, 5.41) is 0. The average Bonchev–Trinajstić information content (AvgIpc) is 2.05. The molecule has 0 N–H and O–H groups in total. The molecule has 1 aromatic carbocycles. The second-order valence-electron chi connectivity index (χ2n) is 1.98. The van der Waals surface area contributed by atoms with E-state index < -0.39 is 14.7 Å². The van der Waals surface area contributed by atoms with Crippen molar-refractivity contribution in [2.45, 2.75) is 4.71 Å². The van der Waals surface area contributed by atoms with Gasteiger partial charge in [-0.2, -0.15) is 0 Å². The van der Waals surface area contributed by atoms with Crippen LogP contribution < -0.4 is 0 Å². The molecule has 4 heteroatoms. The van der Waals surface area contributed by atoms with Gasteiger partial charge in [0.25, 0.3) is 0 Å². The van der Waals surface area contributed by atoms with E-state index in [0.717, 1.165) is 5.56 Å². The minimum absolute atomic E-state index is 0.613. The van der Waals surface area contributed by atoms with Crippen molar-refractivity contribution in [2.75, 3.05) is 0 Å². The summed E-state index contributed by atoms with van der Waals surface area (Å²) in [6.07, 6.45) is 0. The SMILES string of the molecule is O=S(Cl)C(Cl)c1ccccc1. The lowest BCUT2D eigenvalue weighted by Crippen LogP contribution is -1.91. The Balaban J connectivity index is 2.85. The molecule has 1 nitrogen and oxygen atoms in total. The molecule has 2 atom stereocenters. The van der Waals surface area contributed by atoms with Crippen LogP contribution in [0.25, 0.3) is 0 Å². The highest BCUT2D eigenvalue weighted by Gasteiger charge is 2.12. The number of hydrogen-bond donors (Lipinski definition) is 0. The zero-order chi connectivity index (χ0) is 8.27. The van der Waals surface area contributed by atoms with E-state index in [9.17, 15) is 4.21 Å². The zero-order valence-electron chi connectivity index (χ0n) is 5.54. The molecule has 0 aliphatic heterocycles. The Labute approximate surface area is 77.3 Å². The molecule has 0 fully saturated rings. The van der Waals surface area contributed by atoms with Gasteiger partial charge in [-0.05, 0) is 16.2 Å². The second-order valence-corrected chi connectivity index (χ2v) is 4.55. The van der Waals surface area contributed by atoms with E-state index in [4.69, 9.17) is 22.3 Å². The van der Waals surface area contributed by atoms with E-state index in [2.05, 4.69) is 0 Å². The predicted molar refractivity (Wildman–Crippen MR) is 49.0 cm³/mol. The van der Waals surface area contributed by atoms with Gasteiger partial charge >= 0.3 is 0 Å². The van der Waals surface area contributed by atoms with Gasteiger partial charge in [0.1, 0.15) is 14.7 Å². The number of hydrogen-bond acceptors (Lipinski definition) is 1. The molecule has 0 aliphatic carbocycles. The lowest BCUT2D eigenvalue weighted by molar-refractivity contribution is 0.690. The molecular weight excluding hydrogens is 203 g/mol. The van der Waals surface area contributed by atoms with Crippen LogP contribution in [0.15, 0.2) is 30.3 Å². The molecule has 60 valence electrons. The molecule has 11 heavy (non-hydrogen) atoms. The van der Waals surface area contributed by atoms with Gasteiger partial charge in [0.2, 0.25) is 0 Å². The predicted octanol–water partition coefficient (Wildman–Crippen LogP) is 2.83. The van der Waals surface area contributed by atoms with Gasteiger partial charge in [-0.25, -0.2) is 4.21 Å². The Kier molecular flexibility index (Phi) is 3.37. The third-order valence-corrected chi connectivity index (χ3v) is 3.37. The lowest BCUT2D eigenvalue weighted by Gasteiger charge is -2.02. The van der Waals surface area contributed by atoms with Crippen molar-refractivity contribution in [3.05, 3.63) is 35.9 Å². The van der Waals surface area contributed by atoms with E-state index in [-0.39, 0.29) is 0 Å². The first-order chi connectivity index (χ1) is 5.22. The summed E-state index contributed by atoms with van der Waals surface area (Å²) in [6.45, 7) is 0. The molecule has 0 aromatic heterocycles. The summed E-state index contributed by atoms with van der Waals surface area (Å²) in [7, 11) is 3.78. The van der Waals surface area contributed by atoms with Crippen molar-refractivity contribution in [3.63, 3.8) is 0 Å². The third-order valence-electron chi connectivity index (χ3n) is 1.22. The van der Waals surface area contributed by atoms with Crippen molar-refractivity contribution in [1.29, 1.82) is 0 Å². The number of halogens is 2. The highest BCUT2D eigenvalue weighted by molar-refractivity contribution is 8.09. The van der Waals surface area contributed by atoms with Crippen LogP contribution in [0.4, 0.5) is 0 Å². The van der Waals surface area contributed by atoms with Gasteiger partial charge in [0.05, 0.1) is 0 Å². The maximum absolute atomic E-state index is 10.7. The molecule has 0 aliphatic rings. The first kappa shape index (κ1) is 9.04. The Morgan fingerprint density at radius 3 is 2.27 bits per heavy atom. The van der Waals surface area contributed by atoms with Crippen molar-refractivity contribution in [1.82, 2.24) is 0 Å². The normalized spacial score (nSPS) is 15.8. The Morgan fingerprint density at radius 1 is 1.27 bits per heavy atom. The lowest BCUT2D eigenvalue weighted by atomic mass is 10.2. The highest BCUT2D eigenvalue weighted by Crippen LogP contribution is 2.25. The molecule has 2 unspecified atom stereocenters. The van der Waals surface area contributed by atoms with Gasteiger partial charge < -0.3 is 0 Å². The van der Waals surface area contributed by atoms with Crippen LogP contribution in [0.1, 0.15) is 10.3 Å². The fraction of sp³-hybridized carbons (Fsp3) is 0.143. The van der Waals surface area contributed by atoms with E-state index in [1.807, 2.05) is 18.2 Å². The molecule has 0 spiro atoms. The fourth-order valence-corrected chi connectivity index (χ4v) is 1.54. The summed E-state index contributed by atoms with van der Waals surface area (Å²) in [6, 6.07) is 9.10. The molecule has 0 saturated heterocycles. The molecule has 1 aromatic rings. The van der Waals surface area contributed by atoms with Crippen LogP contribution in [-0.2, 0) is 10.0 Å². The minimum atomic E-state index is -1.52. The van der Waals surface area contributed by atoms with Gasteiger partial charge in [-0.15, -0.1) is 11.6 Å². The molecule has 1 rings (SSSR count). The molecule has 0 saturated carbocycles. The van der Waals surface area contributed by atoms with Crippen LogP contribution in [0.2, 0.25) is 0 Å². The van der Waals surface area contributed by atoms with Crippen LogP contribution in [0.5, 0.6) is 0 Å². The first-order valence-corrected chi connectivity index (χ1v) is 5.45. The van der Waals surface area contributed by atoms with E-state index >= 15 is 0 Å². The average molecular weight is 209 g/mol. The Morgan fingerprint density at radius 2 is 1.82 bits per heavy atom. The summed E-state index contributed by atoms with van der Waals surface area (Å²) in [4.78, 5) is 0. The van der Waals surface area contributed by atoms with Crippen molar-refractivity contribution < 1.29 is 4.21 Å². The van der Waals surface area contributed by atoms with E-state index in [1.165, 1.54) is 0 Å². The summed E-state index contributed by atoms with van der Waals surface area (Å²) in [5.41, 5.74) is 0.780. The minimum Gasteiger partial charge on any atom is -0.241 e. The summed E-state index contributed by atoms with van der Waals surface area (Å²) in [5.74, 6) is 0. The molecular formula is C7H6Cl2OS. The van der Waals surface area contributed by atoms with Crippen LogP contribution in [0.3, 0.4) is 0 Å². The molecule has 0 radical (unpaired) electrons. The van der Waals surface area contributed by atoms with Gasteiger partial charge in [-0.3, -0.25) is 0 Å². The third kappa shape index (κ3) is 2.47. The zero-order valence-corrected chi connectivity index (χ0v) is 7.86. The standard InChI is InChI=1S/C7H6Cl2OS/c8-7(11(9)10)6-4-2-1-3-5-6/h1-5,7H. The monoisotopic (exact) mass is 208 g/mol. The fourth-order valence-electron chi connectivity index (χ4n) is 0.711. The Hall–Kier alpha value is -0.0500. The van der Waals surface area contributed by atoms with Crippen LogP contribution >= 0.6 is 22.3 Å². The Bertz CT molecular complexity index is 250. The van der Waals surface area contributed by atoms with E-state index in [0.29, 0.717) is 0 Å².